The highest BCUT2D eigenvalue weighted by atomic mass is 35.5. The molecule has 1 aromatic carbocycles. The minimum absolute atomic E-state index is 0.0300. The van der Waals surface area contributed by atoms with Crippen molar-refractivity contribution in [3.63, 3.8) is 0 Å². The second-order valence-electron chi connectivity index (χ2n) is 10.6. The standard InChI is InChI=1S/C29H37Cl2NO3S/c1-7-14-29(6)17-25(21-10-9-11-24(31)16-21)27-22(12-13-23(30)8-2)15-20(5)26(32(27)28(29)33)18-36(34,35)19(3)4/h7-13,15-16,19-20,25-27H,1,14,17-18H2,2-6H3/b13-12-,23-8+/t20?,25-,26-,27?,29+/m1/s1. The summed E-state index contributed by atoms with van der Waals surface area (Å²) in [7, 11) is -3.40. The molecule has 0 aromatic heterocycles. The van der Waals surface area contributed by atoms with E-state index in [1.807, 2.05) is 68.2 Å². The monoisotopic (exact) mass is 549 g/mol. The first kappa shape index (κ1) is 28.7. The van der Waals surface area contributed by atoms with Gasteiger partial charge in [0.05, 0.1) is 28.5 Å². The fourth-order valence-electron chi connectivity index (χ4n) is 5.45. The highest BCUT2D eigenvalue weighted by molar-refractivity contribution is 7.92. The summed E-state index contributed by atoms with van der Waals surface area (Å²) in [6.07, 6.45) is 10.6. The van der Waals surface area contributed by atoms with Crippen LogP contribution in [0.3, 0.4) is 0 Å². The van der Waals surface area contributed by atoms with Crippen molar-refractivity contribution in [2.45, 2.75) is 70.7 Å². The van der Waals surface area contributed by atoms with Crippen molar-refractivity contribution in [1.82, 2.24) is 4.90 Å². The van der Waals surface area contributed by atoms with Gasteiger partial charge in [-0.1, -0.05) is 73.5 Å². The van der Waals surface area contributed by atoms with Crippen molar-refractivity contribution in [2.24, 2.45) is 11.3 Å². The van der Waals surface area contributed by atoms with Gasteiger partial charge in [0.2, 0.25) is 5.91 Å². The number of carbonyl (C=O) groups is 1. The van der Waals surface area contributed by atoms with Gasteiger partial charge in [-0.05, 0) is 68.9 Å². The van der Waals surface area contributed by atoms with Crippen LogP contribution in [-0.4, -0.2) is 42.3 Å². The lowest BCUT2D eigenvalue weighted by Gasteiger charge is -2.55. The van der Waals surface area contributed by atoms with Gasteiger partial charge >= 0.3 is 0 Å². The van der Waals surface area contributed by atoms with E-state index >= 15 is 0 Å². The Balaban J connectivity index is 2.26. The number of nitrogens with zero attached hydrogens (tertiary/aromatic N) is 1. The molecule has 0 N–H and O–H groups in total. The molecule has 0 aliphatic carbocycles. The van der Waals surface area contributed by atoms with Crippen LogP contribution in [-0.2, 0) is 14.6 Å². The van der Waals surface area contributed by atoms with Gasteiger partial charge in [-0.3, -0.25) is 4.79 Å². The molecular weight excluding hydrogens is 513 g/mol. The van der Waals surface area contributed by atoms with E-state index < -0.39 is 26.5 Å². The SMILES string of the molecule is C=CC[C@@]1(C)C[C@H](c2cccc(Cl)c2)C2C(/C=C\C(Cl)=C/C)=CC(C)[C@@H](CS(=O)(=O)C(C)C)N2C1=O. The molecule has 196 valence electrons. The normalized spacial score (nSPS) is 29.4. The maximum absolute atomic E-state index is 14.2. The van der Waals surface area contributed by atoms with E-state index in [-0.39, 0.29) is 29.5 Å². The number of hydrogen-bond acceptors (Lipinski definition) is 3. The summed E-state index contributed by atoms with van der Waals surface area (Å²) in [6.45, 7) is 13.1. The van der Waals surface area contributed by atoms with Gasteiger partial charge in [-0.15, -0.1) is 6.58 Å². The first-order valence-electron chi connectivity index (χ1n) is 12.5. The molecule has 1 fully saturated rings. The van der Waals surface area contributed by atoms with Gasteiger partial charge in [0.1, 0.15) is 0 Å². The van der Waals surface area contributed by atoms with Gasteiger partial charge in [0, 0.05) is 16.0 Å². The van der Waals surface area contributed by atoms with Gasteiger partial charge in [0.25, 0.3) is 0 Å². The number of amides is 1. The summed E-state index contributed by atoms with van der Waals surface area (Å²) in [5, 5.41) is 0.699. The van der Waals surface area contributed by atoms with Crippen LogP contribution in [0.5, 0.6) is 0 Å². The van der Waals surface area contributed by atoms with Gasteiger partial charge < -0.3 is 4.90 Å². The highest BCUT2D eigenvalue weighted by Crippen LogP contribution is 2.50. The fourth-order valence-corrected chi connectivity index (χ4v) is 7.03. The van der Waals surface area contributed by atoms with Gasteiger partial charge in [-0.25, -0.2) is 8.42 Å². The molecule has 0 radical (unpaired) electrons. The number of piperidine rings is 1. The summed E-state index contributed by atoms with van der Waals surface area (Å²) >= 11 is 12.7. The minimum Gasteiger partial charge on any atom is -0.330 e. The molecule has 0 saturated carbocycles. The average molecular weight is 551 g/mol. The molecule has 1 saturated heterocycles. The van der Waals surface area contributed by atoms with Crippen molar-refractivity contribution < 1.29 is 13.2 Å². The fraction of sp³-hybridized carbons (Fsp3) is 0.483. The third kappa shape index (κ3) is 5.84. The second-order valence-corrected chi connectivity index (χ2v) is 14.0. The maximum Gasteiger partial charge on any atom is 0.229 e. The van der Waals surface area contributed by atoms with Crippen LogP contribution in [0.25, 0.3) is 0 Å². The molecule has 36 heavy (non-hydrogen) atoms. The Bertz CT molecular complexity index is 1200. The van der Waals surface area contributed by atoms with Crippen LogP contribution in [0.15, 0.2) is 71.8 Å². The largest absolute Gasteiger partial charge is 0.330 e. The van der Waals surface area contributed by atoms with Crippen LogP contribution in [0.1, 0.15) is 58.9 Å². The van der Waals surface area contributed by atoms with Crippen LogP contribution in [0, 0.1) is 11.3 Å². The van der Waals surface area contributed by atoms with E-state index in [1.165, 1.54) is 0 Å². The van der Waals surface area contributed by atoms with Crippen LogP contribution < -0.4 is 0 Å². The molecule has 3 rings (SSSR count). The quantitative estimate of drug-likeness (QED) is 0.257. The van der Waals surface area contributed by atoms with Crippen molar-refractivity contribution in [2.75, 3.05) is 5.75 Å². The van der Waals surface area contributed by atoms with E-state index in [2.05, 4.69) is 12.7 Å². The van der Waals surface area contributed by atoms with Gasteiger partial charge in [0.15, 0.2) is 9.84 Å². The smallest absolute Gasteiger partial charge is 0.229 e. The lowest BCUT2D eigenvalue weighted by atomic mass is 9.65. The van der Waals surface area contributed by atoms with E-state index in [1.54, 1.807) is 19.9 Å². The molecule has 0 bridgehead atoms. The molecule has 4 nitrogen and oxygen atoms in total. The van der Waals surface area contributed by atoms with Gasteiger partial charge in [-0.2, -0.15) is 0 Å². The van der Waals surface area contributed by atoms with Crippen molar-refractivity contribution in [1.29, 1.82) is 0 Å². The lowest BCUT2D eigenvalue weighted by Crippen LogP contribution is -2.64. The number of allylic oxidation sites excluding steroid dienone is 4. The Morgan fingerprint density at radius 1 is 1.33 bits per heavy atom. The molecule has 2 unspecified atom stereocenters. The third-order valence-electron chi connectivity index (χ3n) is 7.57. The summed E-state index contributed by atoms with van der Waals surface area (Å²) in [4.78, 5) is 16.1. The molecule has 2 aliphatic heterocycles. The number of carbonyl (C=O) groups excluding carboxylic acids is 1. The molecule has 0 spiro atoms. The number of sulfone groups is 1. The number of rotatable bonds is 8. The van der Waals surface area contributed by atoms with Crippen molar-refractivity contribution in [3.05, 3.63) is 82.4 Å². The third-order valence-corrected chi connectivity index (χ3v) is 10.4. The Morgan fingerprint density at radius 3 is 2.61 bits per heavy atom. The van der Waals surface area contributed by atoms with E-state index in [0.29, 0.717) is 22.9 Å². The highest BCUT2D eigenvalue weighted by Gasteiger charge is 2.54. The number of fused-ring (bicyclic) bond motifs is 1. The zero-order chi connectivity index (χ0) is 26.8. The first-order valence-corrected chi connectivity index (χ1v) is 14.9. The number of benzene rings is 1. The van der Waals surface area contributed by atoms with E-state index in [0.717, 1.165) is 11.1 Å². The number of hydrogen-bond donors (Lipinski definition) is 0. The predicted molar refractivity (Wildman–Crippen MR) is 151 cm³/mol. The Kier molecular flexibility index (Phi) is 9.01. The molecule has 2 heterocycles. The van der Waals surface area contributed by atoms with E-state index in [9.17, 15) is 13.2 Å². The van der Waals surface area contributed by atoms with Crippen molar-refractivity contribution >= 4 is 38.9 Å². The van der Waals surface area contributed by atoms with Crippen LogP contribution in [0.2, 0.25) is 5.02 Å². The molecule has 1 amide bonds. The topological polar surface area (TPSA) is 54.5 Å². The van der Waals surface area contributed by atoms with Crippen LogP contribution in [0.4, 0.5) is 0 Å². The maximum atomic E-state index is 14.2. The Labute approximate surface area is 226 Å². The van der Waals surface area contributed by atoms with E-state index in [4.69, 9.17) is 23.2 Å². The predicted octanol–water partition coefficient (Wildman–Crippen LogP) is 7.07. The summed E-state index contributed by atoms with van der Waals surface area (Å²) in [6, 6.07) is 6.93. The zero-order valence-electron chi connectivity index (χ0n) is 21.7. The van der Waals surface area contributed by atoms with Crippen molar-refractivity contribution in [3.8, 4) is 0 Å². The Morgan fingerprint density at radius 2 is 2.03 bits per heavy atom. The molecule has 7 heteroatoms. The minimum atomic E-state index is -3.40. The average Bonchev–Trinajstić information content (AvgIpc) is 2.81. The second kappa shape index (κ2) is 11.3. The molecule has 5 atom stereocenters. The zero-order valence-corrected chi connectivity index (χ0v) is 24.1. The number of halogens is 2. The van der Waals surface area contributed by atoms with Crippen LogP contribution >= 0.6 is 23.2 Å². The molecule has 1 aromatic rings. The Hall–Kier alpha value is -1.82. The first-order chi connectivity index (χ1) is 16.8. The summed E-state index contributed by atoms with van der Waals surface area (Å²) < 4.78 is 26.2. The lowest BCUT2D eigenvalue weighted by molar-refractivity contribution is -0.153. The molecule has 2 aliphatic rings. The summed E-state index contributed by atoms with van der Waals surface area (Å²) in [5.41, 5.74) is 1.27. The molecular formula is C29H37Cl2NO3S. The summed E-state index contributed by atoms with van der Waals surface area (Å²) in [5.74, 6) is -0.348.